The Morgan fingerprint density at radius 3 is 3.06 bits per heavy atom. The van der Waals surface area contributed by atoms with Gasteiger partial charge < -0.3 is 10.6 Å². The Morgan fingerprint density at radius 1 is 1.53 bits per heavy atom. The van der Waals surface area contributed by atoms with Gasteiger partial charge in [0.15, 0.2) is 5.11 Å². The van der Waals surface area contributed by atoms with Gasteiger partial charge in [-0.25, -0.2) is 0 Å². The largest absolute Gasteiger partial charge is 0.375 e. The molecule has 1 atom stereocenters. The van der Waals surface area contributed by atoms with Crippen LogP contribution < -0.4 is 16.1 Å². The minimum absolute atomic E-state index is 0.103. The second kappa shape index (κ2) is 4.97. The lowest BCUT2D eigenvalue weighted by Crippen LogP contribution is -2.34. The summed E-state index contributed by atoms with van der Waals surface area (Å²) in [6.07, 6.45) is 5.94. The van der Waals surface area contributed by atoms with Crippen LogP contribution in [0.3, 0.4) is 0 Å². The summed E-state index contributed by atoms with van der Waals surface area (Å²) in [4.78, 5) is 2.14. The van der Waals surface area contributed by atoms with Gasteiger partial charge in [-0.2, -0.15) is 5.10 Å². The molecule has 1 unspecified atom stereocenters. The van der Waals surface area contributed by atoms with Crippen molar-refractivity contribution in [2.45, 2.75) is 6.04 Å². The zero-order chi connectivity index (χ0) is 12.3. The van der Waals surface area contributed by atoms with Gasteiger partial charge in [0.2, 0.25) is 0 Å². The van der Waals surface area contributed by atoms with Crippen LogP contribution >= 0.6 is 12.2 Å². The van der Waals surface area contributed by atoms with Gasteiger partial charge in [0.25, 0.3) is 0 Å². The lowest BCUT2D eigenvalue weighted by molar-refractivity contribution is 0.915. The van der Waals surface area contributed by atoms with Crippen LogP contribution in [0.1, 0.15) is 5.56 Å². The molecule has 0 spiro atoms. The van der Waals surface area contributed by atoms with E-state index in [9.17, 15) is 0 Å². The van der Waals surface area contributed by atoms with Gasteiger partial charge in [0, 0.05) is 12.7 Å². The fourth-order valence-corrected chi connectivity index (χ4v) is 1.82. The number of hydrogen-bond donors (Lipinski definition) is 2. The van der Waals surface area contributed by atoms with Crippen LogP contribution in [0.15, 0.2) is 35.4 Å². The van der Waals surface area contributed by atoms with Crippen molar-refractivity contribution < 1.29 is 0 Å². The van der Waals surface area contributed by atoms with Crippen LogP contribution in [0.5, 0.6) is 0 Å². The Morgan fingerprint density at radius 2 is 2.29 bits per heavy atom. The van der Waals surface area contributed by atoms with E-state index in [-0.39, 0.29) is 11.2 Å². The SMILES string of the molecule is CN1c2ccccc2C=CC1/C=N/NC(N)=S. The first kappa shape index (κ1) is 11.6. The summed E-state index contributed by atoms with van der Waals surface area (Å²) in [5.41, 5.74) is 10.2. The van der Waals surface area contributed by atoms with Crippen molar-refractivity contribution in [2.24, 2.45) is 10.8 Å². The molecule has 3 N–H and O–H groups in total. The third-order valence-corrected chi connectivity index (χ3v) is 2.73. The predicted molar refractivity (Wildman–Crippen MR) is 76.1 cm³/mol. The first-order valence-electron chi connectivity index (χ1n) is 5.27. The molecule has 0 aromatic heterocycles. The second-order valence-electron chi connectivity index (χ2n) is 3.77. The number of para-hydroxylation sites is 1. The summed E-state index contributed by atoms with van der Waals surface area (Å²) >= 11 is 4.68. The Labute approximate surface area is 106 Å². The van der Waals surface area contributed by atoms with Gasteiger partial charge in [-0.3, -0.25) is 5.43 Å². The first-order valence-corrected chi connectivity index (χ1v) is 5.68. The third-order valence-electron chi connectivity index (χ3n) is 2.64. The maximum absolute atomic E-state index is 5.29. The van der Waals surface area contributed by atoms with E-state index in [0.29, 0.717) is 0 Å². The van der Waals surface area contributed by atoms with Crippen molar-refractivity contribution in [1.29, 1.82) is 0 Å². The summed E-state index contributed by atoms with van der Waals surface area (Å²) in [6.45, 7) is 0. The van der Waals surface area contributed by atoms with Gasteiger partial charge in [0.05, 0.1) is 12.3 Å². The number of nitrogens with zero attached hydrogens (tertiary/aromatic N) is 2. The third kappa shape index (κ3) is 2.62. The number of fused-ring (bicyclic) bond motifs is 1. The van der Waals surface area contributed by atoms with E-state index < -0.39 is 0 Å². The molecule has 17 heavy (non-hydrogen) atoms. The minimum Gasteiger partial charge on any atom is -0.375 e. The standard InChI is InChI=1S/C12H14N4S/c1-16-10(8-14-15-12(13)17)7-6-9-4-2-3-5-11(9)16/h2-8,10H,1H3,(H3,13,15,17)/b14-8+. The maximum Gasteiger partial charge on any atom is 0.184 e. The van der Waals surface area contributed by atoms with Crippen LogP contribution in [0.2, 0.25) is 0 Å². The molecular weight excluding hydrogens is 232 g/mol. The second-order valence-corrected chi connectivity index (χ2v) is 4.21. The molecule has 88 valence electrons. The van der Waals surface area contributed by atoms with E-state index >= 15 is 0 Å². The fraction of sp³-hybridized carbons (Fsp3) is 0.167. The van der Waals surface area contributed by atoms with Gasteiger partial charge in [-0.1, -0.05) is 30.4 Å². The molecule has 0 saturated carbocycles. The molecule has 1 heterocycles. The topological polar surface area (TPSA) is 53.6 Å². The number of hydrazone groups is 1. The molecule has 5 heteroatoms. The average molecular weight is 246 g/mol. The molecule has 1 aliphatic heterocycles. The Balaban J connectivity index is 2.15. The first-order chi connectivity index (χ1) is 8.18. The summed E-state index contributed by atoms with van der Waals surface area (Å²) in [5, 5.41) is 4.15. The molecule has 0 bridgehead atoms. The molecule has 0 aliphatic carbocycles. The molecule has 2 rings (SSSR count). The Hall–Kier alpha value is -1.88. The van der Waals surface area contributed by atoms with Crippen LogP contribution in [0.25, 0.3) is 6.08 Å². The van der Waals surface area contributed by atoms with Gasteiger partial charge in [0.1, 0.15) is 0 Å². The molecule has 1 aromatic carbocycles. The number of anilines is 1. The van der Waals surface area contributed by atoms with Crippen LogP contribution in [-0.4, -0.2) is 24.4 Å². The number of nitrogens with two attached hydrogens (primary N) is 1. The van der Waals surface area contributed by atoms with Crippen molar-refractivity contribution in [3.05, 3.63) is 35.9 Å². The van der Waals surface area contributed by atoms with Crippen molar-refractivity contribution in [3.8, 4) is 0 Å². The molecule has 0 radical (unpaired) electrons. The number of likely N-dealkylation sites (N-methyl/N-ethyl adjacent to an activating group) is 1. The predicted octanol–water partition coefficient (Wildman–Crippen LogP) is 1.34. The van der Waals surface area contributed by atoms with E-state index in [1.807, 2.05) is 19.2 Å². The number of hydrogen-bond acceptors (Lipinski definition) is 3. The van der Waals surface area contributed by atoms with Gasteiger partial charge >= 0.3 is 0 Å². The Kier molecular flexibility index (Phi) is 3.39. The smallest absolute Gasteiger partial charge is 0.184 e. The van der Waals surface area contributed by atoms with Crippen molar-refractivity contribution in [2.75, 3.05) is 11.9 Å². The highest BCUT2D eigenvalue weighted by molar-refractivity contribution is 7.80. The summed E-state index contributed by atoms with van der Waals surface area (Å²) in [7, 11) is 2.03. The lowest BCUT2D eigenvalue weighted by atomic mass is 10.0. The van der Waals surface area contributed by atoms with E-state index in [1.54, 1.807) is 6.21 Å². The number of benzene rings is 1. The van der Waals surface area contributed by atoms with E-state index in [4.69, 9.17) is 5.73 Å². The molecule has 1 aromatic rings. The lowest BCUT2D eigenvalue weighted by Gasteiger charge is -2.29. The minimum atomic E-state index is 0.103. The van der Waals surface area contributed by atoms with E-state index in [1.165, 1.54) is 11.3 Å². The van der Waals surface area contributed by atoms with Gasteiger partial charge in [-0.05, 0) is 23.8 Å². The molecule has 0 amide bonds. The fourth-order valence-electron chi connectivity index (χ4n) is 1.77. The summed E-state index contributed by atoms with van der Waals surface area (Å²) in [5.74, 6) is 0. The Bertz CT molecular complexity index is 481. The number of thiocarbonyl (C=S) groups is 1. The molecule has 0 fully saturated rings. The van der Waals surface area contributed by atoms with E-state index in [2.05, 4.69) is 51.9 Å². The number of rotatable bonds is 2. The normalized spacial score (nSPS) is 18.2. The average Bonchev–Trinajstić information content (AvgIpc) is 2.32. The zero-order valence-corrected chi connectivity index (χ0v) is 10.3. The van der Waals surface area contributed by atoms with Crippen molar-refractivity contribution in [3.63, 3.8) is 0 Å². The van der Waals surface area contributed by atoms with E-state index in [0.717, 1.165) is 0 Å². The van der Waals surface area contributed by atoms with Gasteiger partial charge in [-0.15, -0.1) is 0 Å². The van der Waals surface area contributed by atoms with Crippen LogP contribution in [0.4, 0.5) is 5.69 Å². The highest BCUT2D eigenvalue weighted by Gasteiger charge is 2.16. The quantitative estimate of drug-likeness (QED) is 0.470. The van der Waals surface area contributed by atoms with Crippen LogP contribution in [-0.2, 0) is 0 Å². The number of nitrogens with one attached hydrogen (secondary N) is 1. The molecule has 4 nitrogen and oxygen atoms in total. The zero-order valence-electron chi connectivity index (χ0n) is 9.50. The maximum atomic E-state index is 5.29. The van der Waals surface area contributed by atoms with Crippen molar-refractivity contribution >= 4 is 35.3 Å². The summed E-state index contributed by atoms with van der Waals surface area (Å²) in [6, 6.07) is 8.33. The highest BCUT2D eigenvalue weighted by atomic mass is 32.1. The monoisotopic (exact) mass is 246 g/mol. The highest BCUT2D eigenvalue weighted by Crippen LogP contribution is 2.26. The van der Waals surface area contributed by atoms with Crippen LogP contribution in [0, 0.1) is 0 Å². The molecule has 0 saturated heterocycles. The molecule has 1 aliphatic rings. The molecular formula is C12H14N4S. The van der Waals surface area contributed by atoms with Crippen molar-refractivity contribution in [1.82, 2.24) is 5.43 Å². The summed E-state index contributed by atoms with van der Waals surface area (Å²) < 4.78 is 0.